The van der Waals surface area contributed by atoms with Gasteiger partial charge in [-0.05, 0) is 56.0 Å². The van der Waals surface area contributed by atoms with E-state index >= 15 is 0 Å². The van der Waals surface area contributed by atoms with Crippen molar-refractivity contribution in [2.75, 3.05) is 44.9 Å². The zero-order valence-electron chi connectivity index (χ0n) is 20.8. The smallest absolute Gasteiger partial charge is 0.319 e. The number of rotatable bonds is 7. The van der Waals surface area contributed by atoms with Gasteiger partial charge in [-0.1, -0.05) is 24.3 Å². The zero-order chi connectivity index (χ0) is 25.9. The number of likely N-dealkylation sites (tertiary alicyclic amines) is 1. The molecule has 1 aliphatic rings. The first-order valence-corrected chi connectivity index (χ1v) is 12.9. The molecular formula is C27H32F2N4O2S. The Kier molecular flexibility index (Phi) is 10.7. The minimum atomic E-state index is -0.799. The Morgan fingerprint density at radius 1 is 1.11 bits per heavy atom. The van der Waals surface area contributed by atoms with Gasteiger partial charge in [-0.15, -0.1) is 11.8 Å². The predicted octanol–water partition coefficient (Wildman–Crippen LogP) is 5.59. The Labute approximate surface area is 215 Å². The molecule has 0 bridgehead atoms. The van der Waals surface area contributed by atoms with Crippen molar-refractivity contribution in [1.29, 1.82) is 0 Å². The van der Waals surface area contributed by atoms with E-state index in [1.54, 1.807) is 18.9 Å². The fraction of sp³-hybridized carbons (Fsp3) is 0.333. The van der Waals surface area contributed by atoms with Crippen LogP contribution in [0.5, 0.6) is 0 Å². The van der Waals surface area contributed by atoms with Gasteiger partial charge in [0.2, 0.25) is 0 Å². The van der Waals surface area contributed by atoms with Gasteiger partial charge >= 0.3 is 6.03 Å². The number of hydrogen-bond donors (Lipinski definition) is 2. The van der Waals surface area contributed by atoms with Gasteiger partial charge in [0.25, 0.3) is 0 Å². The first-order valence-electron chi connectivity index (χ1n) is 11.7. The van der Waals surface area contributed by atoms with Crippen molar-refractivity contribution >= 4 is 23.5 Å². The van der Waals surface area contributed by atoms with Crippen molar-refractivity contribution in [1.82, 2.24) is 15.2 Å². The molecule has 2 heterocycles. The van der Waals surface area contributed by atoms with E-state index in [0.29, 0.717) is 0 Å². The van der Waals surface area contributed by atoms with Gasteiger partial charge in [-0.3, -0.25) is 9.88 Å². The zero-order valence-corrected chi connectivity index (χ0v) is 21.6. The number of anilines is 1. The lowest BCUT2D eigenvalue weighted by Gasteiger charge is -2.17. The van der Waals surface area contributed by atoms with Crippen LogP contribution >= 0.6 is 11.8 Å². The van der Waals surface area contributed by atoms with E-state index < -0.39 is 11.6 Å². The summed E-state index contributed by atoms with van der Waals surface area (Å²) in [7, 11) is 1.71. The number of aromatic nitrogens is 1. The second kappa shape index (κ2) is 13.9. The van der Waals surface area contributed by atoms with Crippen LogP contribution in [0.2, 0.25) is 0 Å². The molecule has 0 radical (unpaired) electrons. The second-order valence-corrected chi connectivity index (χ2v) is 9.23. The average molecular weight is 515 g/mol. The second-order valence-electron chi connectivity index (χ2n) is 8.35. The van der Waals surface area contributed by atoms with Crippen molar-refractivity contribution in [2.24, 2.45) is 0 Å². The predicted molar refractivity (Wildman–Crippen MR) is 141 cm³/mol. The maximum Gasteiger partial charge on any atom is 0.319 e. The lowest BCUT2D eigenvalue weighted by Crippen LogP contribution is -2.40. The van der Waals surface area contributed by atoms with Gasteiger partial charge < -0.3 is 15.4 Å². The first kappa shape index (κ1) is 27.6. The van der Waals surface area contributed by atoms with E-state index in [0.717, 1.165) is 67.4 Å². The molecule has 0 saturated carbocycles. The molecule has 1 unspecified atom stereocenters. The van der Waals surface area contributed by atoms with E-state index in [1.807, 2.05) is 19.1 Å². The summed E-state index contributed by atoms with van der Waals surface area (Å²) in [5.74, 6) is -1.60. The number of methoxy groups -OCH3 is 1. The summed E-state index contributed by atoms with van der Waals surface area (Å²) in [6, 6.07) is 17.2. The Bertz CT molecular complexity index is 1110. The summed E-state index contributed by atoms with van der Waals surface area (Å²) in [5, 5.41) is 5.99. The van der Waals surface area contributed by atoms with Gasteiger partial charge in [0.1, 0.15) is 0 Å². The number of aryl methyl sites for hydroxylation is 1. The number of thioether (sulfide) groups is 1. The normalized spacial score (nSPS) is 15.2. The molecule has 36 heavy (non-hydrogen) atoms. The van der Waals surface area contributed by atoms with Crippen LogP contribution in [0.4, 0.5) is 19.3 Å². The fourth-order valence-electron chi connectivity index (χ4n) is 3.77. The van der Waals surface area contributed by atoms with Gasteiger partial charge in [-0.25, -0.2) is 13.6 Å². The monoisotopic (exact) mass is 514 g/mol. The lowest BCUT2D eigenvalue weighted by atomic mass is 10.1. The number of ether oxygens (including phenoxy) is 1. The number of nitrogens with zero attached hydrogens (tertiary/aromatic N) is 2. The van der Waals surface area contributed by atoms with Crippen LogP contribution < -0.4 is 10.6 Å². The number of carbonyl (C=O) groups excluding carboxylic acids is 1. The highest BCUT2D eigenvalue weighted by molar-refractivity contribution is 7.98. The number of halogens is 2. The fourth-order valence-corrected chi connectivity index (χ4v) is 4.18. The third-order valence-corrected chi connectivity index (χ3v) is 6.51. The molecule has 0 spiro atoms. The summed E-state index contributed by atoms with van der Waals surface area (Å²) in [6.45, 7) is 5.38. The highest BCUT2D eigenvalue weighted by Crippen LogP contribution is 2.24. The molecule has 1 aromatic heterocycles. The number of carbonyl (C=O) groups is 1. The lowest BCUT2D eigenvalue weighted by molar-refractivity contribution is 0.160. The van der Waals surface area contributed by atoms with Crippen LogP contribution in [-0.4, -0.2) is 61.6 Å². The molecule has 1 saturated heterocycles. The summed E-state index contributed by atoms with van der Waals surface area (Å²) >= 11 is 1.72. The largest absolute Gasteiger partial charge is 0.383 e. The average Bonchev–Trinajstić information content (AvgIpc) is 3.33. The molecule has 2 amide bonds. The molecule has 4 rings (SSSR count). The molecule has 0 aliphatic carbocycles. The molecule has 3 aromatic rings. The van der Waals surface area contributed by atoms with Crippen molar-refractivity contribution in [3.05, 3.63) is 78.0 Å². The first-order chi connectivity index (χ1) is 17.4. The van der Waals surface area contributed by atoms with E-state index in [2.05, 4.69) is 51.0 Å². The van der Waals surface area contributed by atoms with Crippen LogP contribution in [0.3, 0.4) is 0 Å². The highest BCUT2D eigenvalue weighted by Gasteiger charge is 2.23. The standard InChI is InChI=1S/C21H28N4O2S.C6H4F2/c1-15-19(8-9-20(22-15)16-4-6-18(28-3)7-5-16)24-21(26)23-17-10-11-25(14-17)12-13-27-2;7-5-3-1-2-4-6(5)8/h4-9,17H,10-14H2,1-3H3,(H2,23,24,26);1-4H. The minimum absolute atomic E-state index is 0.166. The minimum Gasteiger partial charge on any atom is -0.383 e. The Morgan fingerprint density at radius 3 is 2.39 bits per heavy atom. The van der Waals surface area contributed by atoms with Crippen LogP contribution in [-0.2, 0) is 4.74 Å². The number of benzene rings is 2. The van der Waals surface area contributed by atoms with Crippen LogP contribution in [0.1, 0.15) is 12.1 Å². The third kappa shape index (κ3) is 8.29. The molecule has 1 fully saturated rings. The van der Waals surface area contributed by atoms with Gasteiger partial charge in [-0.2, -0.15) is 0 Å². The van der Waals surface area contributed by atoms with Crippen LogP contribution in [0, 0.1) is 18.6 Å². The van der Waals surface area contributed by atoms with Crippen LogP contribution in [0.25, 0.3) is 11.3 Å². The van der Waals surface area contributed by atoms with Crippen molar-refractivity contribution in [3.63, 3.8) is 0 Å². The van der Waals surface area contributed by atoms with Gasteiger partial charge in [0.15, 0.2) is 11.6 Å². The van der Waals surface area contributed by atoms with Gasteiger partial charge in [0.05, 0.1) is 23.7 Å². The quantitative estimate of drug-likeness (QED) is 0.403. The molecule has 9 heteroatoms. The highest BCUT2D eigenvalue weighted by atomic mass is 32.2. The topological polar surface area (TPSA) is 66.5 Å². The summed E-state index contributed by atoms with van der Waals surface area (Å²) in [4.78, 5) is 20.6. The number of pyridine rings is 1. The van der Waals surface area contributed by atoms with E-state index in [4.69, 9.17) is 4.74 Å². The van der Waals surface area contributed by atoms with E-state index in [-0.39, 0.29) is 12.1 Å². The molecule has 1 aliphatic heterocycles. The molecule has 6 nitrogen and oxygen atoms in total. The number of hydrogen-bond acceptors (Lipinski definition) is 5. The Balaban J connectivity index is 0.000000383. The number of urea groups is 1. The van der Waals surface area contributed by atoms with E-state index in [1.165, 1.54) is 17.0 Å². The van der Waals surface area contributed by atoms with E-state index in [9.17, 15) is 13.6 Å². The van der Waals surface area contributed by atoms with Crippen LogP contribution in [0.15, 0.2) is 65.6 Å². The molecule has 2 N–H and O–H groups in total. The summed E-state index contributed by atoms with van der Waals surface area (Å²) in [5.41, 5.74) is 3.51. The third-order valence-electron chi connectivity index (χ3n) is 5.76. The van der Waals surface area contributed by atoms with Crippen molar-refractivity contribution < 1.29 is 18.3 Å². The maximum absolute atomic E-state index is 12.4. The Morgan fingerprint density at radius 2 is 1.81 bits per heavy atom. The van der Waals surface area contributed by atoms with Crippen molar-refractivity contribution in [2.45, 2.75) is 24.3 Å². The SMILES string of the molecule is COCCN1CCC(NC(=O)Nc2ccc(-c3ccc(SC)cc3)nc2C)C1.Fc1ccccc1F. The summed E-state index contributed by atoms with van der Waals surface area (Å²) in [6.07, 6.45) is 3.02. The molecule has 192 valence electrons. The van der Waals surface area contributed by atoms with Crippen molar-refractivity contribution in [3.8, 4) is 11.3 Å². The molecule has 1 atom stereocenters. The molecule has 2 aromatic carbocycles. The Hall–Kier alpha value is -3.01. The number of nitrogens with one attached hydrogen (secondary N) is 2. The maximum atomic E-state index is 12.4. The summed E-state index contributed by atoms with van der Waals surface area (Å²) < 4.78 is 29.0. The molecular weight excluding hydrogens is 482 g/mol. The van der Waals surface area contributed by atoms with Gasteiger partial charge in [0, 0.05) is 43.2 Å². The number of amides is 2.